The minimum atomic E-state index is -0.956. The summed E-state index contributed by atoms with van der Waals surface area (Å²) < 4.78 is 0. The first kappa shape index (κ1) is 22.9. The van der Waals surface area contributed by atoms with E-state index in [1.54, 1.807) is 18.1 Å². The molecule has 0 aliphatic carbocycles. The molecule has 3 aliphatic heterocycles. The summed E-state index contributed by atoms with van der Waals surface area (Å²) in [5.74, 6) is -0.345. The first-order valence-corrected chi connectivity index (χ1v) is 11.9. The molecule has 0 saturated carbocycles. The van der Waals surface area contributed by atoms with Crippen LogP contribution in [-0.4, -0.2) is 68.4 Å². The summed E-state index contributed by atoms with van der Waals surface area (Å²) >= 11 is 0. The fourth-order valence-electron chi connectivity index (χ4n) is 5.60. The summed E-state index contributed by atoms with van der Waals surface area (Å²) in [7, 11) is 1.64. The minimum Gasteiger partial charge on any atom is -0.325 e. The van der Waals surface area contributed by atoms with Crippen molar-refractivity contribution in [3.63, 3.8) is 0 Å². The molecule has 4 amide bonds. The van der Waals surface area contributed by atoms with E-state index in [1.807, 2.05) is 38.1 Å². The van der Waals surface area contributed by atoms with Crippen LogP contribution in [0.4, 0.5) is 10.5 Å². The number of aromatic amines is 1. The summed E-state index contributed by atoms with van der Waals surface area (Å²) in [5, 5.41) is 19.8. The molecule has 10 nitrogen and oxygen atoms in total. The molecule has 2 N–H and O–H groups in total. The quantitative estimate of drug-likeness (QED) is 0.701. The Balaban J connectivity index is 1.41. The lowest BCUT2D eigenvalue weighted by atomic mass is 9.80. The highest BCUT2D eigenvalue weighted by Gasteiger charge is 2.56. The molecule has 4 heterocycles. The van der Waals surface area contributed by atoms with E-state index >= 15 is 0 Å². The molecule has 1 aromatic heterocycles. The van der Waals surface area contributed by atoms with Crippen molar-refractivity contribution in [1.29, 1.82) is 5.26 Å². The van der Waals surface area contributed by atoms with Gasteiger partial charge in [-0.1, -0.05) is 32.0 Å². The van der Waals surface area contributed by atoms with Crippen molar-refractivity contribution in [3.8, 4) is 6.07 Å². The van der Waals surface area contributed by atoms with Gasteiger partial charge in [-0.15, -0.1) is 0 Å². The maximum Gasteiger partial charge on any atom is 0.321 e. The van der Waals surface area contributed by atoms with E-state index in [-0.39, 0.29) is 36.7 Å². The second-order valence-electron chi connectivity index (χ2n) is 10.2. The number of carbonyl (C=O) groups is 3. The number of nitriles is 1. The Bertz CT molecular complexity index is 1210. The number of nitrogens with zero attached hydrogens (tertiary/aromatic N) is 5. The van der Waals surface area contributed by atoms with Crippen molar-refractivity contribution < 1.29 is 14.4 Å². The number of likely N-dealkylation sites (tertiary alicyclic amines) is 1. The third-order valence-electron chi connectivity index (χ3n) is 7.45. The van der Waals surface area contributed by atoms with Crippen molar-refractivity contribution in [2.45, 2.75) is 57.3 Å². The Morgan fingerprint density at radius 3 is 2.80 bits per heavy atom. The van der Waals surface area contributed by atoms with Gasteiger partial charge in [-0.25, -0.2) is 4.79 Å². The monoisotopic (exact) mass is 475 g/mol. The lowest BCUT2D eigenvalue weighted by molar-refractivity contribution is -0.136. The molecule has 1 fully saturated rings. The predicted molar refractivity (Wildman–Crippen MR) is 127 cm³/mol. The highest BCUT2D eigenvalue weighted by Crippen LogP contribution is 2.46. The molecular weight excluding hydrogens is 446 g/mol. The molecule has 1 aromatic carbocycles. The molecule has 3 atom stereocenters. The highest BCUT2D eigenvalue weighted by molar-refractivity contribution is 6.07. The molecule has 3 aliphatic rings. The number of anilines is 1. The topological polar surface area (TPSA) is 125 Å². The van der Waals surface area contributed by atoms with Crippen LogP contribution in [0.5, 0.6) is 0 Å². The van der Waals surface area contributed by atoms with Gasteiger partial charge in [-0.2, -0.15) is 10.4 Å². The second kappa shape index (κ2) is 8.41. The maximum atomic E-state index is 14.0. The van der Waals surface area contributed by atoms with Crippen molar-refractivity contribution in [1.82, 2.24) is 24.9 Å². The van der Waals surface area contributed by atoms with E-state index in [4.69, 9.17) is 0 Å². The van der Waals surface area contributed by atoms with Crippen LogP contribution in [0.1, 0.15) is 43.5 Å². The van der Waals surface area contributed by atoms with Crippen LogP contribution < -0.4 is 5.32 Å². The lowest BCUT2D eigenvalue weighted by Crippen LogP contribution is -2.54. The predicted octanol–water partition coefficient (Wildman–Crippen LogP) is 2.21. The van der Waals surface area contributed by atoms with Crippen LogP contribution in [-0.2, 0) is 28.1 Å². The average molecular weight is 476 g/mol. The number of amides is 4. The van der Waals surface area contributed by atoms with E-state index < -0.39 is 17.5 Å². The van der Waals surface area contributed by atoms with E-state index in [0.29, 0.717) is 19.5 Å². The van der Waals surface area contributed by atoms with Crippen LogP contribution >= 0.6 is 0 Å². The summed E-state index contributed by atoms with van der Waals surface area (Å²) in [6.45, 7) is 4.95. The van der Waals surface area contributed by atoms with E-state index in [2.05, 4.69) is 21.6 Å². The van der Waals surface area contributed by atoms with Gasteiger partial charge in [0, 0.05) is 31.3 Å². The fourth-order valence-corrected chi connectivity index (χ4v) is 5.60. The molecule has 2 aromatic rings. The summed E-state index contributed by atoms with van der Waals surface area (Å²) in [4.78, 5) is 45.1. The third-order valence-corrected chi connectivity index (χ3v) is 7.45. The van der Waals surface area contributed by atoms with Crippen LogP contribution in [0.25, 0.3) is 0 Å². The fraction of sp³-hybridized carbons (Fsp3) is 0.480. The molecular formula is C25H29N7O3. The van der Waals surface area contributed by atoms with Crippen LogP contribution in [0, 0.1) is 17.2 Å². The number of benzene rings is 1. The van der Waals surface area contributed by atoms with Crippen molar-refractivity contribution in [2.75, 3.05) is 18.9 Å². The Hall–Kier alpha value is -3.87. The molecule has 0 bridgehead atoms. The van der Waals surface area contributed by atoms with Crippen LogP contribution in [0.3, 0.4) is 0 Å². The number of rotatable bonds is 4. The van der Waals surface area contributed by atoms with Gasteiger partial charge in [-0.3, -0.25) is 14.7 Å². The molecule has 1 spiro atoms. The molecule has 5 rings (SSSR count). The van der Waals surface area contributed by atoms with Gasteiger partial charge in [0.05, 0.1) is 36.5 Å². The standard InChI is InChI=1S/C25H29N7O3/c1-15(2)8-21(30(3)24(35)31-12-16-11-27-29-20(16)13-31)22(33)32-14-25(9-17(32)10-26)18-6-4-5-7-19(18)28-23(25)34/h4-7,11,15,17,21H,8-9,12-14H2,1-3H3,(H,27,29)(H,28,34)/t17-,21-,25-/m0/s1. The number of urea groups is 1. The van der Waals surface area contributed by atoms with Crippen molar-refractivity contribution in [3.05, 3.63) is 47.3 Å². The van der Waals surface area contributed by atoms with E-state index in [1.165, 1.54) is 9.80 Å². The zero-order chi connectivity index (χ0) is 24.9. The number of nitrogens with one attached hydrogen (secondary N) is 2. The van der Waals surface area contributed by atoms with Crippen LogP contribution in [0.15, 0.2) is 30.5 Å². The van der Waals surface area contributed by atoms with Gasteiger partial charge >= 0.3 is 6.03 Å². The average Bonchev–Trinajstić information content (AvgIpc) is 3.59. The molecule has 35 heavy (non-hydrogen) atoms. The summed E-state index contributed by atoms with van der Waals surface area (Å²) in [6.07, 6.45) is 2.40. The molecule has 0 radical (unpaired) electrons. The highest BCUT2D eigenvalue weighted by atomic mass is 16.2. The number of fused-ring (bicyclic) bond motifs is 3. The Labute approximate surface area is 203 Å². The zero-order valence-electron chi connectivity index (χ0n) is 20.1. The number of H-pyrrole nitrogens is 1. The van der Waals surface area contributed by atoms with Crippen LogP contribution in [0.2, 0.25) is 0 Å². The minimum absolute atomic E-state index is 0.115. The number of hydrogen-bond donors (Lipinski definition) is 2. The number of carbonyl (C=O) groups excluding carboxylic acids is 3. The van der Waals surface area contributed by atoms with Crippen molar-refractivity contribution in [2.24, 2.45) is 5.92 Å². The normalized spacial score (nSPS) is 23.3. The molecule has 10 heteroatoms. The van der Waals surface area contributed by atoms with E-state index in [0.717, 1.165) is 22.5 Å². The number of hydrogen-bond acceptors (Lipinski definition) is 5. The molecule has 1 saturated heterocycles. The largest absolute Gasteiger partial charge is 0.325 e. The van der Waals surface area contributed by atoms with E-state index in [9.17, 15) is 19.6 Å². The Morgan fingerprint density at radius 1 is 1.31 bits per heavy atom. The third kappa shape index (κ3) is 3.62. The number of likely N-dealkylation sites (N-methyl/N-ethyl adjacent to an activating group) is 1. The summed E-state index contributed by atoms with van der Waals surface area (Å²) in [6, 6.07) is 7.92. The maximum absolute atomic E-state index is 14.0. The van der Waals surface area contributed by atoms with Gasteiger partial charge in [0.1, 0.15) is 12.1 Å². The molecule has 0 unspecified atom stereocenters. The summed E-state index contributed by atoms with van der Waals surface area (Å²) in [5.41, 5.74) is 2.45. The Morgan fingerprint density at radius 2 is 2.09 bits per heavy atom. The van der Waals surface area contributed by atoms with Gasteiger partial charge in [0.15, 0.2) is 0 Å². The van der Waals surface area contributed by atoms with Gasteiger partial charge < -0.3 is 20.0 Å². The van der Waals surface area contributed by atoms with Gasteiger partial charge in [0.2, 0.25) is 11.8 Å². The smallest absolute Gasteiger partial charge is 0.321 e. The van der Waals surface area contributed by atoms with Gasteiger partial charge in [-0.05, 0) is 24.0 Å². The Kier molecular flexibility index (Phi) is 5.50. The van der Waals surface area contributed by atoms with Gasteiger partial charge in [0.25, 0.3) is 0 Å². The second-order valence-corrected chi connectivity index (χ2v) is 10.2. The SMILES string of the molecule is CC(C)C[C@@H](C(=O)N1C[C@]2(C[C@H]1C#N)C(=O)Nc1ccccc12)N(C)C(=O)N1Cc2cn[nH]c2C1. The van der Waals surface area contributed by atoms with Crippen molar-refractivity contribution >= 4 is 23.5 Å². The zero-order valence-corrected chi connectivity index (χ0v) is 20.1. The number of aromatic nitrogens is 2. The first-order chi connectivity index (χ1) is 16.7. The molecule has 182 valence electrons. The lowest BCUT2D eigenvalue weighted by Gasteiger charge is -2.35. The number of para-hydroxylation sites is 1. The first-order valence-electron chi connectivity index (χ1n) is 11.9.